The number of hydrogen-bond acceptors (Lipinski definition) is 4. The van der Waals surface area contributed by atoms with E-state index in [4.69, 9.17) is 10.2 Å². The fraction of sp³-hybridized carbons (Fsp3) is 0.292. The molecule has 5 rings (SSSR count). The maximum Gasteiger partial charge on any atom is 0.267 e. The Morgan fingerprint density at radius 2 is 1.67 bits per heavy atom. The van der Waals surface area contributed by atoms with Crippen LogP contribution in [0.3, 0.4) is 0 Å². The zero-order valence-corrected chi connectivity index (χ0v) is 16.7. The zero-order chi connectivity index (χ0) is 20.5. The molecule has 1 saturated carbocycles. The summed E-state index contributed by atoms with van der Waals surface area (Å²) < 4.78 is 3.34. The lowest BCUT2D eigenvalue weighted by molar-refractivity contribution is 0.0965. The number of aliphatic hydroxyl groups is 1. The van der Waals surface area contributed by atoms with Gasteiger partial charge in [0.1, 0.15) is 5.69 Å². The Balaban J connectivity index is 1.70. The molecule has 0 spiro atoms. The highest BCUT2D eigenvalue weighted by molar-refractivity contribution is 5.90. The maximum absolute atomic E-state index is 12.7. The summed E-state index contributed by atoms with van der Waals surface area (Å²) in [5, 5.41) is 20.2. The first-order valence-corrected chi connectivity index (χ1v) is 10.5. The van der Waals surface area contributed by atoms with Crippen LogP contribution in [-0.4, -0.2) is 30.6 Å². The Labute approximate surface area is 174 Å². The topological polar surface area (TPSA) is 72.4 Å². The number of fused-ring (bicyclic) bond motifs is 1. The van der Waals surface area contributed by atoms with E-state index >= 15 is 0 Å². The fourth-order valence-electron chi connectivity index (χ4n) is 4.40. The number of hydrogen-bond donors (Lipinski definition) is 1. The van der Waals surface area contributed by atoms with Crippen molar-refractivity contribution in [2.24, 2.45) is 0 Å². The third-order valence-corrected chi connectivity index (χ3v) is 5.93. The highest BCUT2D eigenvalue weighted by Crippen LogP contribution is 2.34. The first kappa shape index (κ1) is 18.8. The molecule has 1 aliphatic carbocycles. The van der Waals surface area contributed by atoms with Gasteiger partial charge in [-0.05, 0) is 31.0 Å². The molecule has 2 atom stereocenters. The van der Waals surface area contributed by atoms with E-state index < -0.39 is 6.10 Å². The highest BCUT2D eigenvalue weighted by Gasteiger charge is 2.26. The molecule has 4 aromatic rings. The minimum absolute atomic E-state index is 0.178. The van der Waals surface area contributed by atoms with E-state index in [-0.39, 0.29) is 11.6 Å². The summed E-state index contributed by atoms with van der Waals surface area (Å²) in [6, 6.07) is 18.9. The molecule has 6 nitrogen and oxygen atoms in total. The van der Waals surface area contributed by atoms with Crippen molar-refractivity contribution < 1.29 is 5.11 Å². The molecule has 1 N–H and O–H groups in total. The van der Waals surface area contributed by atoms with Crippen LogP contribution in [0.4, 0.5) is 0 Å². The van der Waals surface area contributed by atoms with Crippen LogP contribution in [-0.2, 0) is 0 Å². The largest absolute Gasteiger partial charge is 0.391 e. The molecule has 1 aliphatic rings. The van der Waals surface area contributed by atoms with Crippen LogP contribution >= 0.6 is 0 Å². The van der Waals surface area contributed by atoms with Gasteiger partial charge < -0.3 is 5.11 Å². The van der Waals surface area contributed by atoms with Crippen molar-refractivity contribution in [3.05, 3.63) is 77.2 Å². The van der Waals surface area contributed by atoms with Crippen molar-refractivity contribution in [3.63, 3.8) is 0 Å². The molecular formula is C24H24N4O2. The number of rotatable bonds is 3. The van der Waals surface area contributed by atoms with Gasteiger partial charge in [0.05, 0.1) is 28.9 Å². The second-order valence-electron chi connectivity index (χ2n) is 7.89. The molecule has 0 saturated heterocycles. The summed E-state index contributed by atoms with van der Waals surface area (Å²) in [4.78, 5) is 12.7. The molecule has 0 amide bonds. The van der Waals surface area contributed by atoms with Gasteiger partial charge in [0.2, 0.25) is 0 Å². The van der Waals surface area contributed by atoms with Crippen molar-refractivity contribution in [3.8, 4) is 22.5 Å². The molecule has 1 aromatic carbocycles. The predicted octanol–water partition coefficient (Wildman–Crippen LogP) is 4.09. The van der Waals surface area contributed by atoms with Crippen LogP contribution in [0.1, 0.15) is 38.1 Å². The van der Waals surface area contributed by atoms with E-state index in [0.29, 0.717) is 12.1 Å². The van der Waals surface area contributed by atoms with Crippen molar-refractivity contribution in [1.29, 1.82) is 0 Å². The van der Waals surface area contributed by atoms with Crippen LogP contribution in [0.15, 0.2) is 71.7 Å². The van der Waals surface area contributed by atoms with Crippen LogP contribution in [0.5, 0.6) is 0 Å². The quantitative estimate of drug-likeness (QED) is 0.526. The van der Waals surface area contributed by atoms with Gasteiger partial charge in [-0.15, -0.1) is 0 Å². The van der Waals surface area contributed by atoms with Crippen molar-refractivity contribution in [2.45, 2.75) is 44.2 Å². The van der Waals surface area contributed by atoms with Gasteiger partial charge in [-0.25, -0.2) is 9.20 Å². The third kappa shape index (κ3) is 3.33. The normalized spacial score (nSPS) is 19.6. The van der Waals surface area contributed by atoms with Crippen LogP contribution in [0, 0.1) is 0 Å². The lowest BCUT2D eigenvalue weighted by Gasteiger charge is -2.22. The second kappa shape index (κ2) is 7.88. The second-order valence-corrected chi connectivity index (χ2v) is 7.89. The average Bonchev–Trinajstić information content (AvgIpc) is 3.04. The molecule has 0 unspecified atom stereocenters. The summed E-state index contributed by atoms with van der Waals surface area (Å²) in [5.41, 5.74) is 4.13. The van der Waals surface area contributed by atoms with Gasteiger partial charge in [-0.1, -0.05) is 55.7 Å². The lowest BCUT2D eigenvalue weighted by Crippen LogP contribution is -2.33. The van der Waals surface area contributed by atoms with Crippen LogP contribution in [0.2, 0.25) is 0 Å². The van der Waals surface area contributed by atoms with Crippen molar-refractivity contribution in [2.75, 3.05) is 0 Å². The number of benzene rings is 1. The standard InChI is InChI=1S/C24H24N4O2/c29-21-13-6-2-5-11-19(21)28-22(30)15-14-18(25-28)23-20-12-7-8-16-27(20)26-24(23)17-9-3-1-4-10-17/h1,3-4,7-10,12,14-16,19,21,29H,2,5-6,11,13H2/t19-,21-/m1/s1. The first-order valence-electron chi connectivity index (χ1n) is 10.5. The average molecular weight is 400 g/mol. The minimum atomic E-state index is -0.551. The lowest BCUT2D eigenvalue weighted by atomic mass is 10.0. The molecule has 1 fully saturated rings. The number of nitrogens with zero attached hydrogens (tertiary/aromatic N) is 4. The monoisotopic (exact) mass is 400 g/mol. The smallest absolute Gasteiger partial charge is 0.267 e. The van der Waals surface area contributed by atoms with E-state index in [1.54, 1.807) is 12.1 Å². The van der Waals surface area contributed by atoms with E-state index in [0.717, 1.165) is 48.0 Å². The maximum atomic E-state index is 12.7. The Morgan fingerprint density at radius 3 is 2.53 bits per heavy atom. The van der Waals surface area contributed by atoms with Gasteiger partial charge in [-0.2, -0.15) is 10.2 Å². The molecule has 3 heterocycles. The van der Waals surface area contributed by atoms with Gasteiger partial charge in [0.15, 0.2) is 0 Å². The minimum Gasteiger partial charge on any atom is -0.391 e. The Hall–Kier alpha value is -3.25. The molecule has 0 bridgehead atoms. The molecule has 30 heavy (non-hydrogen) atoms. The van der Waals surface area contributed by atoms with Gasteiger partial charge in [0, 0.05) is 17.8 Å². The summed E-state index contributed by atoms with van der Waals surface area (Å²) >= 11 is 0. The SMILES string of the molecule is O=c1ccc(-c2c(-c3ccccc3)nn3ccccc23)nn1[C@@H]1CCCCC[C@H]1O. The van der Waals surface area contributed by atoms with Gasteiger partial charge >= 0.3 is 0 Å². The summed E-state index contributed by atoms with van der Waals surface area (Å²) in [5.74, 6) is 0. The zero-order valence-electron chi connectivity index (χ0n) is 16.7. The van der Waals surface area contributed by atoms with E-state index in [1.165, 1.54) is 4.68 Å². The highest BCUT2D eigenvalue weighted by atomic mass is 16.3. The van der Waals surface area contributed by atoms with E-state index in [1.807, 2.05) is 59.2 Å². The Kier molecular flexibility index (Phi) is 4.93. The number of aromatic nitrogens is 4. The first-order chi connectivity index (χ1) is 14.7. The van der Waals surface area contributed by atoms with Gasteiger partial charge in [0.25, 0.3) is 5.56 Å². The van der Waals surface area contributed by atoms with Crippen LogP contribution < -0.4 is 5.56 Å². The number of aliphatic hydroxyl groups excluding tert-OH is 1. The summed E-state index contributed by atoms with van der Waals surface area (Å²) in [6.07, 6.45) is 5.88. The molecular weight excluding hydrogens is 376 g/mol. The molecule has 0 aliphatic heterocycles. The predicted molar refractivity (Wildman–Crippen MR) is 116 cm³/mol. The summed E-state index contributed by atoms with van der Waals surface area (Å²) in [7, 11) is 0. The third-order valence-electron chi connectivity index (χ3n) is 5.93. The van der Waals surface area contributed by atoms with Crippen molar-refractivity contribution >= 4 is 5.52 Å². The molecule has 152 valence electrons. The summed E-state index contributed by atoms with van der Waals surface area (Å²) in [6.45, 7) is 0. The Bertz CT molecular complexity index is 1230. The fourth-order valence-corrected chi connectivity index (χ4v) is 4.40. The van der Waals surface area contributed by atoms with Gasteiger partial charge in [-0.3, -0.25) is 4.79 Å². The molecule has 0 radical (unpaired) electrons. The molecule has 3 aromatic heterocycles. The Morgan fingerprint density at radius 1 is 0.867 bits per heavy atom. The van der Waals surface area contributed by atoms with Crippen molar-refractivity contribution in [1.82, 2.24) is 19.4 Å². The molecule has 6 heteroatoms. The van der Waals surface area contributed by atoms with Crippen LogP contribution in [0.25, 0.3) is 28.0 Å². The van der Waals surface area contributed by atoms with E-state index in [9.17, 15) is 9.90 Å². The van der Waals surface area contributed by atoms with E-state index in [2.05, 4.69) is 0 Å². The number of pyridine rings is 1.